The number of aromatic nitrogens is 2. The maximum atomic E-state index is 13.8. The van der Waals surface area contributed by atoms with Gasteiger partial charge >= 0.3 is 0 Å². The second kappa shape index (κ2) is 12.5. The summed E-state index contributed by atoms with van der Waals surface area (Å²) in [5.74, 6) is 0.105. The molecule has 11 heteroatoms. The normalized spacial score (nSPS) is 12.1. The van der Waals surface area contributed by atoms with Gasteiger partial charge < -0.3 is 14.8 Å². The van der Waals surface area contributed by atoms with Crippen LogP contribution >= 0.6 is 31.9 Å². The average molecular weight is 660 g/mol. The van der Waals surface area contributed by atoms with Gasteiger partial charge in [-0.3, -0.25) is 9.59 Å². The zero-order valence-electron chi connectivity index (χ0n) is 21.4. The van der Waals surface area contributed by atoms with Crippen LogP contribution in [0.25, 0.3) is 10.9 Å². The van der Waals surface area contributed by atoms with Gasteiger partial charge in [-0.05, 0) is 64.8 Å². The number of methoxy groups -OCH3 is 1. The van der Waals surface area contributed by atoms with E-state index in [4.69, 9.17) is 14.5 Å². The Morgan fingerprint density at radius 3 is 2.67 bits per heavy atom. The summed E-state index contributed by atoms with van der Waals surface area (Å²) in [6, 6.07) is 14.5. The first-order valence-electron chi connectivity index (χ1n) is 12.0. The van der Waals surface area contributed by atoms with Crippen LogP contribution in [-0.2, 0) is 4.79 Å². The molecule has 4 aromatic rings. The summed E-state index contributed by atoms with van der Waals surface area (Å²) < 4.78 is 27.6. The van der Waals surface area contributed by atoms with Crippen molar-refractivity contribution in [3.8, 4) is 11.5 Å². The lowest BCUT2D eigenvalue weighted by Gasteiger charge is -2.15. The highest BCUT2D eigenvalue weighted by Gasteiger charge is 2.17. The number of halogens is 3. The molecule has 0 aliphatic rings. The highest BCUT2D eigenvalue weighted by molar-refractivity contribution is 9.10. The molecule has 0 aliphatic heterocycles. The number of anilines is 1. The van der Waals surface area contributed by atoms with Crippen LogP contribution in [0, 0.1) is 5.82 Å². The van der Waals surface area contributed by atoms with Gasteiger partial charge in [0.1, 0.15) is 11.6 Å². The van der Waals surface area contributed by atoms with Gasteiger partial charge in [0, 0.05) is 20.4 Å². The van der Waals surface area contributed by atoms with E-state index in [0.717, 1.165) is 10.9 Å². The highest BCUT2D eigenvalue weighted by Crippen LogP contribution is 2.33. The second-order valence-electron chi connectivity index (χ2n) is 8.64. The van der Waals surface area contributed by atoms with Crippen molar-refractivity contribution in [2.75, 3.05) is 19.0 Å². The molecule has 1 N–H and O–H groups in total. The molecular weight excluding hydrogens is 635 g/mol. The van der Waals surface area contributed by atoms with E-state index in [1.54, 1.807) is 30.3 Å². The van der Waals surface area contributed by atoms with E-state index >= 15 is 0 Å². The minimum absolute atomic E-state index is 0.00726. The van der Waals surface area contributed by atoms with E-state index in [1.807, 2.05) is 19.9 Å². The molecule has 4 rings (SSSR count). The maximum absolute atomic E-state index is 13.8. The van der Waals surface area contributed by atoms with Crippen LogP contribution in [0.2, 0.25) is 0 Å². The van der Waals surface area contributed by atoms with Crippen LogP contribution in [0.5, 0.6) is 11.5 Å². The van der Waals surface area contributed by atoms with Crippen molar-refractivity contribution < 1.29 is 18.7 Å². The van der Waals surface area contributed by atoms with E-state index in [0.29, 0.717) is 38.3 Å². The second-order valence-corrected chi connectivity index (χ2v) is 10.4. The summed E-state index contributed by atoms with van der Waals surface area (Å²) in [5.41, 5.74) is 0.991. The minimum atomic E-state index is -0.542. The monoisotopic (exact) mass is 658 g/mol. The van der Waals surface area contributed by atoms with Gasteiger partial charge in [-0.15, -0.1) is 0 Å². The lowest BCUT2D eigenvalue weighted by atomic mass is 10.1. The number of rotatable bonds is 9. The topological polar surface area (TPSA) is 94.8 Å². The Kier molecular flexibility index (Phi) is 9.13. The van der Waals surface area contributed by atoms with E-state index in [-0.39, 0.29) is 23.8 Å². The summed E-state index contributed by atoms with van der Waals surface area (Å²) in [7, 11) is 1.47. The zero-order chi connectivity index (χ0) is 28.1. The predicted molar refractivity (Wildman–Crippen MR) is 157 cm³/mol. The van der Waals surface area contributed by atoms with Crippen molar-refractivity contribution in [1.82, 2.24) is 9.66 Å². The fraction of sp³-hybridized carbons (Fsp3) is 0.214. The standard InChI is InChI=1S/C28H25Br2FN4O4/c1-4-16(2)27-34-22-10-9-18(29)12-19(22)28(37)35(27)32-14-17-11-24(38-3)25(13-20(17)30)39-15-26(36)33-23-8-6-5-7-21(23)31/h5-14,16H,4,15H2,1-3H3,(H,33,36)/t16-/m1/s1. The highest BCUT2D eigenvalue weighted by atomic mass is 79.9. The molecule has 0 unspecified atom stereocenters. The SMILES string of the molecule is CC[C@@H](C)c1nc2ccc(Br)cc2c(=O)n1N=Cc1cc(OC)c(OCC(=O)Nc2ccccc2F)cc1Br. The first-order valence-corrected chi connectivity index (χ1v) is 13.6. The van der Waals surface area contributed by atoms with Crippen LogP contribution in [0.4, 0.5) is 10.1 Å². The first-order chi connectivity index (χ1) is 18.7. The summed E-state index contributed by atoms with van der Waals surface area (Å²) in [4.78, 5) is 30.4. The smallest absolute Gasteiger partial charge is 0.282 e. The molecule has 1 aromatic heterocycles. The fourth-order valence-electron chi connectivity index (χ4n) is 3.71. The maximum Gasteiger partial charge on any atom is 0.282 e. The third kappa shape index (κ3) is 6.54. The quantitative estimate of drug-likeness (QED) is 0.208. The lowest BCUT2D eigenvalue weighted by Crippen LogP contribution is -2.23. The molecular formula is C28H25Br2FN4O4. The Labute approximate surface area is 241 Å². The molecule has 0 saturated heterocycles. The molecule has 3 aromatic carbocycles. The van der Waals surface area contributed by atoms with E-state index in [1.165, 1.54) is 36.2 Å². The number of benzene rings is 3. The number of carbonyl (C=O) groups excluding carboxylic acids is 1. The summed E-state index contributed by atoms with van der Waals surface area (Å²) >= 11 is 6.91. The van der Waals surface area contributed by atoms with Crippen LogP contribution in [0.15, 0.2) is 73.4 Å². The largest absolute Gasteiger partial charge is 0.493 e. The molecule has 8 nitrogen and oxygen atoms in total. The number of hydrogen-bond donors (Lipinski definition) is 1. The number of carbonyl (C=O) groups is 1. The van der Waals surface area contributed by atoms with Gasteiger partial charge in [0.2, 0.25) is 0 Å². The van der Waals surface area contributed by atoms with Gasteiger partial charge in [0.25, 0.3) is 11.5 Å². The number of nitrogens with one attached hydrogen (secondary N) is 1. The summed E-state index contributed by atoms with van der Waals surface area (Å²) in [6.45, 7) is 3.65. The molecule has 1 heterocycles. The van der Waals surface area contributed by atoms with E-state index in [9.17, 15) is 14.0 Å². The van der Waals surface area contributed by atoms with Crippen LogP contribution < -0.4 is 20.3 Å². The van der Waals surface area contributed by atoms with Crippen molar-refractivity contribution in [3.05, 3.63) is 91.1 Å². The van der Waals surface area contributed by atoms with Crippen LogP contribution in [0.3, 0.4) is 0 Å². The van der Waals surface area contributed by atoms with Gasteiger partial charge in [-0.1, -0.05) is 41.9 Å². The third-order valence-electron chi connectivity index (χ3n) is 5.99. The number of nitrogens with zero attached hydrogens (tertiary/aromatic N) is 3. The summed E-state index contributed by atoms with van der Waals surface area (Å²) in [6.07, 6.45) is 2.30. The molecule has 1 amide bonds. The van der Waals surface area contributed by atoms with E-state index < -0.39 is 11.7 Å². The number of para-hydroxylation sites is 1. The first kappa shape index (κ1) is 28.4. The van der Waals surface area contributed by atoms with Crippen LogP contribution in [-0.4, -0.2) is 35.5 Å². The van der Waals surface area contributed by atoms with Crippen molar-refractivity contribution in [2.45, 2.75) is 26.2 Å². The minimum Gasteiger partial charge on any atom is -0.493 e. The average Bonchev–Trinajstić information content (AvgIpc) is 2.93. The lowest BCUT2D eigenvalue weighted by molar-refractivity contribution is -0.118. The number of amides is 1. The van der Waals surface area contributed by atoms with Crippen LogP contribution in [0.1, 0.15) is 37.6 Å². The molecule has 1 atom stereocenters. The van der Waals surface area contributed by atoms with Gasteiger partial charge in [0.05, 0.1) is 29.9 Å². The Hall–Kier alpha value is -3.57. The number of ether oxygens (including phenoxy) is 2. The Morgan fingerprint density at radius 1 is 1.18 bits per heavy atom. The molecule has 0 aliphatic carbocycles. The van der Waals surface area contributed by atoms with Gasteiger partial charge in [-0.2, -0.15) is 9.78 Å². The Bertz CT molecular complexity index is 1620. The molecule has 39 heavy (non-hydrogen) atoms. The van der Waals surface area contributed by atoms with Gasteiger partial charge in [0.15, 0.2) is 18.1 Å². The molecule has 0 fully saturated rings. The molecule has 202 valence electrons. The van der Waals surface area contributed by atoms with Crippen molar-refractivity contribution in [2.24, 2.45) is 5.10 Å². The number of hydrogen-bond acceptors (Lipinski definition) is 6. The summed E-state index contributed by atoms with van der Waals surface area (Å²) in [5, 5.41) is 7.41. The molecule has 0 radical (unpaired) electrons. The zero-order valence-corrected chi connectivity index (χ0v) is 24.5. The van der Waals surface area contributed by atoms with Gasteiger partial charge in [-0.25, -0.2) is 9.37 Å². The molecule has 0 spiro atoms. The predicted octanol–water partition coefficient (Wildman–Crippen LogP) is 6.48. The van der Waals surface area contributed by atoms with Crippen molar-refractivity contribution >= 4 is 60.6 Å². The van der Waals surface area contributed by atoms with Crippen molar-refractivity contribution in [3.63, 3.8) is 0 Å². The van der Waals surface area contributed by atoms with Crippen molar-refractivity contribution in [1.29, 1.82) is 0 Å². The number of fused-ring (bicyclic) bond motifs is 1. The Balaban J connectivity index is 1.61. The molecule has 0 saturated carbocycles. The third-order valence-corrected chi connectivity index (χ3v) is 7.17. The molecule has 0 bridgehead atoms. The fourth-order valence-corrected chi connectivity index (χ4v) is 4.50. The Morgan fingerprint density at radius 2 is 1.95 bits per heavy atom. The van der Waals surface area contributed by atoms with E-state index in [2.05, 4.69) is 42.3 Å².